The lowest BCUT2D eigenvalue weighted by atomic mass is 9.74. The molecule has 4 nitrogen and oxygen atoms in total. The number of benzene rings is 1. The number of nitrogens with zero attached hydrogens (tertiary/aromatic N) is 2. The van der Waals surface area contributed by atoms with E-state index in [9.17, 15) is 4.79 Å². The van der Waals surface area contributed by atoms with Crippen LogP contribution in [0.2, 0.25) is 0 Å². The smallest absolute Gasteiger partial charge is 0.410 e. The van der Waals surface area contributed by atoms with Crippen LogP contribution in [0.5, 0.6) is 0 Å². The Balaban J connectivity index is 1.40. The van der Waals surface area contributed by atoms with Gasteiger partial charge in [-0.25, -0.2) is 4.79 Å². The predicted molar refractivity (Wildman–Crippen MR) is 98.3 cm³/mol. The molecule has 1 aliphatic carbocycles. The molecule has 136 valence electrons. The number of hydrogen-bond donors (Lipinski definition) is 0. The number of ether oxygens (including phenoxy) is 1. The standard InChI is InChI=1S/C21H30N2O2/c24-21(25-16-17-8-2-1-3-9-17)23-15-7-10-18-19(11-6-12-20(18)23)22-13-4-5-14-22/h1-3,8-9,18-20H,4-7,10-16H2/t18-,19+,20+/m1/s1. The third-order valence-corrected chi connectivity index (χ3v) is 6.37. The molecule has 1 aromatic rings. The summed E-state index contributed by atoms with van der Waals surface area (Å²) >= 11 is 0. The highest BCUT2D eigenvalue weighted by Gasteiger charge is 2.43. The highest BCUT2D eigenvalue weighted by Crippen LogP contribution is 2.39. The minimum Gasteiger partial charge on any atom is -0.445 e. The van der Waals surface area contributed by atoms with Crippen molar-refractivity contribution in [3.05, 3.63) is 35.9 Å². The van der Waals surface area contributed by atoms with E-state index in [2.05, 4.69) is 9.80 Å². The highest BCUT2D eigenvalue weighted by atomic mass is 16.6. The van der Waals surface area contributed by atoms with Crippen molar-refractivity contribution in [2.45, 2.75) is 63.6 Å². The molecular formula is C21H30N2O2. The summed E-state index contributed by atoms with van der Waals surface area (Å²) in [4.78, 5) is 17.5. The van der Waals surface area contributed by atoms with E-state index in [0.29, 0.717) is 24.6 Å². The van der Waals surface area contributed by atoms with Crippen LogP contribution in [0.4, 0.5) is 4.79 Å². The normalized spacial score (nSPS) is 30.1. The van der Waals surface area contributed by atoms with E-state index < -0.39 is 0 Å². The number of amides is 1. The molecule has 4 heteroatoms. The first-order valence-electron chi connectivity index (χ1n) is 10.0. The molecule has 3 fully saturated rings. The topological polar surface area (TPSA) is 32.8 Å². The molecule has 1 aromatic carbocycles. The average Bonchev–Trinajstić information content (AvgIpc) is 3.20. The van der Waals surface area contributed by atoms with Crippen LogP contribution in [-0.2, 0) is 11.3 Å². The zero-order chi connectivity index (χ0) is 17.1. The molecule has 0 aromatic heterocycles. The lowest BCUT2D eigenvalue weighted by Crippen LogP contribution is -2.57. The number of hydrogen-bond acceptors (Lipinski definition) is 3. The van der Waals surface area contributed by atoms with E-state index in [4.69, 9.17) is 4.74 Å². The molecule has 2 aliphatic heterocycles. The Morgan fingerprint density at radius 1 is 0.920 bits per heavy atom. The lowest BCUT2D eigenvalue weighted by Gasteiger charge is -2.49. The summed E-state index contributed by atoms with van der Waals surface area (Å²) in [5.74, 6) is 0.643. The molecule has 3 atom stereocenters. The van der Waals surface area contributed by atoms with Gasteiger partial charge in [-0.3, -0.25) is 0 Å². The first-order valence-corrected chi connectivity index (χ1v) is 10.0. The van der Waals surface area contributed by atoms with Gasteiger partial charge in [0.05, 0.1) is 0 Å². The van der Waals surface area contributed by atoms with Gasteiger partial charge in [0.1, 0.15) is 6.61 Å². The summed E-state index contributed by atoms with van der Waals surface area (Å²) in [6, 6.07) is 11.1. The number of piperidine rings is 1. The van der Waals surface area contributed by atoms with Gasteiger partial charge in [0.25, 0.3) is 0 Å². The van der Waals surface area contributed by atoms with Gasteiger partial charge in [0.15, 0.2) is 0 Å². The Bertz CT molecular complexity index is 571. The lowest BCUT2D eigenvalue weighted by molar-refractivity contribution is -0.00204. The van der Waals surface area contributed by atoms with Crippen LogP contribution in [0, 0.1) is 5.92 Å². The van der Waals surface area contributed by atoms with Crippen molar-refractivity contribution in [3.8, 4) is 0 Å². The van der Waals surface area contributed by atoms with Gasteiger partial charge in [-0.15, -0.1) is 0 Å². The van der Waals surface area contributed by atoms with Gasteiger partial charge >= 0.3 is 6.09 Å². The Morgan fingerprint density at radius 2 is 1.68 bits per heavy atom. The Labute approximate surface area is 151 Å². The second-order valence-electron chi connectivity index (χ2n) is 7.85. The molecule has 1 amide bonds. The van der Waals surface area contributed by atoms with E-state index in [-0.39, 0.29) is 6.09 Å². The van der Waals surface area contributed by atoms with E-state index in [1.165, 1.54) is 45.2 Å². The summed E-state index contributed by atoms with van der Waals surface area (Å²) in [5, 5.41) is 0. The summed E-state index contributed by atoms with van der Waals surface area (Å²) in [5.41, 5.74) is 1.06. The molecular weight excluding hydrogens is 312 g/mol. The zero-order valence-corrected chi connectivity index (χ0v) is 15.1. The average molecular weight is 342 g/mol. The SMILES string of the molecule is O=C(OCc1ccccc1)N1CCC[C@@H]2[C@@H](N3CCCC3)CCC[C@@H]21. The molecule has 25 heavy (non-hydrogen) atoms. The molecule has 1 saturated carbocycles. The molecule has 0 unspecified atom stereocenters. The number of carbonyl (C=O) groups excluding carboxylic acids is 1. The van der Waals surface area contributed by atoms with Crippen molar-refractivity contribution in [1.82, 2.24) is 9.80 Å². The Morgan fingerprint density at radius 3 is 2.48 bits per heavy atom. The third kappa shape index (κ3) is 3.69. The molecule has 2 heterocycles. The van der Waals surface area contributed by atoms with Gasteiger partial charge in [0.2, 0.25) is 0 Å². The summed E-state index contributed by atoms with van der Waals surface area (Å²) in [6.45, 7) is 3.75. The quantitative estimate of drug-likeness (QED) is 0.831. The third-order valence-electron chi connectivity index (χ3n) is 6.37. The van der Waals surface area contributed by atoms with Crippen molar-refractivity contribution in [1.29, 1.82) is 0 Å². The fraction of sp³-hybridized carbons (Fsp3) is 0.667. The molecule has 2 saturated heterocycles. The summed E-state index contributed by atoms with van der Waals surface area (Å²) < 4.78 is 5.65. The van der Waals surface area contributed by atoms with Crippen molar-refractivity contribution in [2.75, 3.05) is 19.6 Å². The first kappa shape index (κ1) is 16.9. The Hall–Kier alpha value is -1.55. The van der Waals surface area contributed by atoms with Crippen LogP contribution in [0.25, 0.3) is 0 Å². The zero-order valence-electron chi connectivity index (χ0n) is 15.1. The Kier molecular flexibility index (Phi) is 5.25. The maximum absolute atomic E-state index is 12.7. The van der Waals surface area contributed by atoms with Gasteiger partial charge in [-0.1, -0.05) is 30.3 Å². The van der Waals surface area contributed by atoms with Crippen molar-refractivity contribution < 1.29 is 9.53 Å². The van der Waals surface area contributed by atoms with Crippen molar-refractivity contribution in [2.24, 2.45) is 5.92 Å². The fourth-order valence-corrected chi connectivity index (χ4v) is 5.21. The van der Waals surface area contributed by atoms with Crippen LogP contribution < -0.4 is 0 Å². The van der Waals surface area contributed by atoms with Gasteiger partial charge < -0.3 is 14.5 Å². The first-order chi connectivity index (χ1) is 12.3. The van der Waals surface area contributed by atoms with E-state index in [1.807, 2.05) is 30.3 Å². The van der Waals surface area contributed by atoms with Crippen LogP contribution in [-0.4, -0.2) is 47.6 Å². The summed E-state index contributed by atoms with van der Waals surface area (Å²) in [7, 11) is 0. The van der Waals surface area contributed by atoms with Crippen molar-refractivity contribution in [3.63, 3.8) is 0 Å². The highest BCUT2D eigenvalue weighted by molar-refractivity contribution is 5.68. The fourth-order valence-electron chi connectivity index (χ4n) is 5.21. The molecule has 4 rings (SSSR count). The minimum absolute atomic E-state index is 0.111. The monoisotopic (exact) mass is 342 g/mol. The van der Waals surface area contributed by atoms with Gasteiger partial charge in [0, 0.05) is 18.6 Å². The number of carbonyl (C=O) groups is 1. The molecule has 0 spiro atoms. The number of likely N-dealkylation sites (tertiary alicyclic amines) is 2. The van der Waals surface area contributed by atoms with Gasteiger partial charge in [-0.05, 0) is 69.5 Å². The minimum atomic E-state index is -0.111. The molecule has 0 radical (unpaired) electrons. The second-order valence-corrected chi connectivity index (χ2v) is 7.85. The molecule has 3 aliphatic rings. The number of fused-ring (bicyclic) bond motifs is 1. The van der Waals surface area contributed by atoms with Crippen molar-refractivity contribution >= 4 is 6.09 Å². The largest absolute Gasteiger partial charge is 0.445 e. The van der Waals surface area contributed by atoms with E-state index in [1.54, 1.807) is 0 Å². The second kappa shape index (κ2) is 7.77. The van der Waals surface area contributed by atoms with E-state index >= 15 is 0 Å². The van der Waals surface area contributed by atoms with Crippen LogP contribution >= 0.6 is 0 Å². The molecule has 0 N–H and O–H groups in total. The van der Waals surface area contributed by atoms with Gasteiger partial charge in [-0.2, -0.15) is 0 Å². The van der Waals surface area contributed by atoms with Crippen LogP contribution in [0.15, 0.2) is 30.3 Å². The molecule has 0 bridgehead atoms. The maximum Gasteiger partial charge on any atom is 0.410 e. The summed E-state index contributed by atoms with van der Waals surface area (Å²) in [6.07, 6.45) is 8.67. The predicted octanol–water partition coefficient (Wildman–Crippen LogP) is 4.05. The number of rotatable bonds is 3. The van der Waals surface area contributed by atoms with Crippen LogP contribution in [0.3, 0.4) is 0 Å². The maximum atomic E-state index is 12.7. The van der Waals surface area contributed by atoms with E-state index in [0.717, 1.165) is 24.9 Å². The van der Waals surface area contributed by atoms with Crippen LogP contribution in [0.1, 0.15) is 50.5 Å².